The Morgan fingerprint density at radius 3 is 1.93 bits per heavy atom. The summed E-state index contributed by atoms with van der Waals surface area (Å²) in [6.07, 6.45) is 3.88. The Morgan fingerprint density at radius 2 is 1.02 bits per heavy atom. The molecule has 0 amide bonds. The van der Waals surface area contributed by atoms with Crippen LogP contribution in [-0.2, 0) is 0 Å². The zero-order chi connectivity index (χ0) is 28.8. The Balaban J connectivity index is 1.28. The molecule has 7 aromatic carbocycles. The molecule has 0 radical (unpaired) electrons. The van der Waals surface area contributed by atoms with Crippen molar-refractivity contribution in [1.29, 1.82) is 0 Å². The van der Waals surface area contributed by atoms with E-state index in [-0.39, 0.29) is 0 Å². The first-order chi connectivity index (χ1) is 21.8. The minimum absolute atomic E-state index is 1.14. The lowest BCUT2D eigenvalue weighted by Gasteiger charge is -2.11. The van der Waals surface area contributed by atoms with Gasteiger partial charge in [-0.05, 0) is 86.9 Å². The highest BCUT2D eigenvalue weighted by molar-refractivity contribution is 6.22. The summed E-state index contributed by atoms with van der Waals surface area (Å²) in [5.74, 6) is 0. The highest BCUT2D eigenvalue weighted by Crippen LogP contribution is 2.40. The maximum Gasteiger partial charge on any atom is 0.0571 e. The molecule has 0 aliphatic heterocycles. The van der Waals surface area contributed by atoms with E-state index in [0.717, 1.165) is 22.3 Å². The van der Waals surface area contributed by atoms with Gasteiger partial charge in [0.2, 0.25) is 0 Å². The first-order valence-electron chi connectivity index (χ1n) is 15.0. The third kappa shape index (κ3) is 3.18. The number of para-hydroxylation sites is 2. The standard InChI is InChI=1S/C41H25N3/c1-2-9-28(10-3-1)43-39-19-16-29(23-35(39)37-25-42-21-20-40(37)43)44-38-13-7-6-12-33(38)36-24-34-27(22-41(36)44)15-18-31-30-11-5-4-8-26(30)14-17-32(31)34/h1-25H. The van der Waals surface area contributed by atoms with Gasteiger partial charge < -0.3 is 9.13 Å². The van der Waals surface area contributed by atoms with Crippen LogP contribution in [0.1, 0.15) is 0 Å². The van der Waals surface area contributed by atoms with Gasteiger partial charge >= 0.3 is 0 Å². The van der Waals surface area contributed by atoms with Crippen LogP contribution in [0.4, 0.5) is 0 Å². The molecular weight excluding hydrogens is 534 g/mol. The molecule has 0 saturated heterocycles. The first kappa shape index (κ1) is 23.6. The molecular formula is C41H25N3. The topological polar surface area (TPSA) is 22.8 Å². The number of pyridine rings is 1. The highest BCUT2D eigenvalue weighted by atomic mass is 15.0. The summed E-state index contributed by atoms with van der Waals surface area (Å²) in [4.78, 5) is 4.52. The predicted molar refractivity (Wildman–Crippen MR) is 185 cm³/mol. The van der Waals surface area contributed by atoms with Gasteiger partial charge in [0.15, 0.2) is 0 Å². The van der Waals surface area contributed by atoms with Crippen LogP contribution in [0.3, 0.4) is 0 Å². The molecule has 3 heterocycles. The van der Waals surface area contributed by atoms with Gasteiger partial charge in [-0.15, -0.1) is 0 Å². The molecule has 3 aromatic heterocycles. The Hall–Kier alpha value is -5.93. The van der Waals surface area contributed by atoms with Crippen molar-refractivity contribution in [3.8, 4) is 11.4 Å². The minimum Gasteiger partial charge on any atom is -0.309 e. The Labute approximate surface area is 252 Å². The monoisotopic (exact) mass is 559 g/mol. The predicted octanol–water partition coefficient (Wildman–Crippen LogP) is 10.7. The van der Waals surface area contributed by atoms with E-state index in [9.17, 15) is 0 Å². The van der Waals surface area contributed by atoms with Gasteiger partial charge in [-0.2, -0.15) is 0 Å². The maximum atomic E-state index is 4.52. The Morgan fingerprint density at radius 1 is 0.341 bits per heavy atom. The zero-order valence-corrected chi connectivity index (χ0v) is 23.8. The van der Waals surface area contributed by atoms with Crippen LogP contribution in [0, 0.1) is 0 Å². The van der Waals surface area contributed by atoms with Crippen LogP contribution in [0.2, 0.25) is 0 Å². The van der Waals surface area contributed by atoms with Crippen molar-refractivity contribution < 1.29 is 0 Å². The molecule has 0 bridgehead atoms. The molecule has 0 aliphatic rings. The molecule has 204 valence electrons. The lowest BCUT2D eigenvalue weighted by atomic mass is 9.96. The van der Waals surface area contributed by atoms with E-state index < -0.39 is 0 Å². The number of aromatic nitrogens is 3. The molecule has 0 aliphatic carbocycles. The van der Waals surface area contributed by atoms with Crippen molar-refractivity contribution in [3.05, 3.63) is 152 Å². The van der Waals surface area contributed by atoms with Gasteiger partial charge in [0.25, 0.3) is 0 Å². The largest absolute Gasteiger partial charge is 0.309 e. The molecule has 10 rings (SSSR count). The molecule has 0 spiro atoms. The van der Waals surface area contributed by atoms with Crippen LogP contribution < -0.4 is 0 Å². The average Bonchev–Trinajstić information content (AvgIpc) is 3.59. The third-order valence-corrected chi connectivity index (χ3v) is 9.36. The Bertz CT molecular complexity index is 2770. The number of nitrogens with zero attached hydrogens (tertiary/aromatic N) is 3. The summed E-state index contributed by atoms with van der Waals surface area (Å²) in [5.41, 5.74) is 7.04. The van der Waals surface area contributed by atoms with E-state index in [4.69, 9.17) is 0 Å². The number of fused-ring (bicyclic) bond motifs is 11. The van der Waals surface area contributed by atoms with Crippen LogP contribution in [-0.4, -0.2) is 14.1 Å². The van der Waals surface area contributed by atoms with E-state index in [0.29, 0.717) is 0 Å². The maximum absolute atomic E-state index is 4.52. The summed E-state index contributed by atoms with van der Waals surface area (Å²) in [6, 6.07) is 50.9. The lowest BCUT2D eigenvalue weighted by molar-refractivity contribution is 1.16. The number of hydrogen-bond acceptors (Lipinski definition) is 1. The van der Waals surface area contributed by atoms with Crippen molar-refractivity contribution in [2.45, 2.75) is 0 Å². The fourth-order valence-electron chi connectivity index (χ4n) is 7.41. The van der Waals surface area contributed by atoms with Gasteiger partial charge in [-0.3, -0.25) is 4.98 Å². The van der Waals surface area contributed by atoms with Gasteiger partial charge in [-0.1, -0.05) is 84.9 Å². The van der Waals surface area contributed by atoms with E-state index in [1.807, 2.05) is 12.4 Å². The van der Waals surface area contributed by atoms with Crippen molar-refractivity contribution in [3.63, 3.8) is 0 Å². The van der Waals surface area contributed by atoms with Crippen LogP contribution in [0.5, 0.6) is 0 Å². The summed E-state index contributed by atoms with van der Waals surface area (Å²) in [5, 5.41) is 12.6. The molecule has 3 nitrogen and oxygen atoms in total. The zero-order valence-electron chi connectivity index (χ0n) is 23.8. The van der Waals surface area contributed by atoms with E-state index in [1.165, 1.54) is 65.0 Å². The highest BCUT2D eigenvalue weighted by Gasteiger charge is 2.17. The number of hydrogen-bond donors (Lipinski definition) is 0. The normalized spacial score (nSPS) is 12.1. The molecule has 0 saturated carbocycles. The number of rotatable bonds is 2. The molecule has 3 heteroatoms. The fraction of sp³-hybridized carbons (Fsp3) is 0. The quantitative estimate of drug-likeness (QED) is 0.193. The fourth-order valence-corrected chi connectivity index (χ4v) is 7.41. The third-order valence-electron chi connectivity index (χ3n) is 9.36. The number of benzene rings is 7. The van der Waals surface area contributed by atoms with Crippen LogP contribution >= 0.6 is 0 Å². The summed E-state index contributed by atoms with van der Waals surface area (Å²) >= 11 is 0. The van der Waals surface area contributed by atoms with E-state index in [1.54, 1.807) is 0 Å². The van der Waals surface area contributed by atoms with Crippen molar-refractivity contribution in [1.82, 2.24) is 14.1 Å². The molecule has 0 atom stereocenters. The van der Waals surface area contributed by atoms with Crippen LogP contribution in [0.15, 0.2) is 152 Å². The second-order valence-corrected chi connectivity index (χ2v) is 11.7. The van der Waals surface area contributed by atoms with E-state index in [2.05, 4.69) is 154 Å². The average molecular weight is 560 g/mol. The summed E-state index contributed by atoms with van der Waals surface area (Å²) in [6.45, 7) is 0. The Kier molecular flexibility index (Phi) is 4.72. The van der Waals surface area contributed by atoms with Gasteiger partial charge in [0.05, 0.1) is 22.1 Å². The molecule has 44 heavy (non-hydrogen) atoms. The van der Waals surface area contributed by atoms with E-state index >= 15 is 0 Å². The molecule has 0 N–H and O–H groups in total. The van der Waals surface area contributed by atoms with Crippen molar-refractivity contribution in [2.24, 2.45) is 0 Å². The van der Waals surface area contributed by atoms with Gasteiger partial charge in [0, 0.05) is 45.3 Å². The summed E-state index contributed by atoms with van der Waals surface area (Å²) in [7, 11) is 0. The second-order valence-electron chi connectivity index (χ2n) is 11.7. The van der Waals surface area contributed by atoms with Crippen molar-refractivity contribution in [2.75, 3.05) is 0 Å². The van der Waals surface area contributed by atoms with Crippen molar-refractivity contribution >= 4 is 75.9 Å². The van der Waals surface area contributed by atoms with Crippen LogP contribution in [0.25, 0.3) is 87.3 Å². The summed E-state index contributed by atoms with van der Waals surface area (Å²) < 4.78 is 4.76. The molecule has 10 aromatic rings. The van der Waals surface area contributed by atoms with Gasteiger partial charge in [-0.25, -0.2) is 0 Å². The minimum atomic E-state index is 1.14. The second kappa shape index (κ2) is 8.79. The SMILES string of the molecule is c1ccc(-n2c3ccncc3c3cc(-n4c5ccccc5c5cc6c(ccc7c8ccccc8ccc67)cc54)ccc32)cc1. The van der Waals surface area contributed by atoms with Gasteiger partial charge in [0.1, 0.15) is 0 Å². The first-order valence-corrected chi connectivity index (χ1v) is 15.0. The molecule has 0 fully saturated rings. The smallest absolute Gasteiger partial charge is 0.0571 e. The lowest BCUT2D eigenvalue weighted by Crippen LogP contribution is -1.95. The molecule has 0 unspecified atom stereocenters.